The van der Waals surface area contributed by atoms with Crippen molar-refractivity contribution < 1.29 is 18.8 Å². The van der Waals surface area contributed by atoms with E-state index < -0.39 is 17.5 Å². The molecule has 2 aliphatic rings. The molecule has 0 saturated carbocycles. The number of piperazine rings is 1. The fourth-order valence-electron chi connectivity index (χ4n) is 3.48. The third-order valence-electron chi connectivity index (χ3n) is 4.97. The molecule has 1 fully saturated rings. The minimum absolute atomic E-state index is 0.0437. The van der Waals surface area contributed by atoms with E-state index in [2.05, 4.69) is 4.98 Å². The second-order valence-electron chi connectivity index (χ2n) is 6.92. The summed E-state index contributed by atoms with van der Waals surface area (Å²) in [7, 11) is 0. The molecule has 0 radical (unpaired) electrons. The molecule has 0 atom stereocenters. The first kappa shape index (κ1) is 18.7. The van der Waals surface area contributed by atoms with E-state index in [-0.39, 0.29) is 18.1 Å². The highest BCUT2D eigenvalue weighted by atomic mass is 32.1. The number of aryl methyl sites for hydroxylation is 1. The van der Waals surface area contributed by atoms with E-state index in [9.17, 15) is 18.8 Å². The lowest BCUT2D eigenvalue weighted by Gasteiger charge is -2.36. The molecule has 1 aromatic heterocycles. The molecule has 2 aromatic rings. The second-order valence-corrected chi connectivity index (χ2v) is 7.87. The van der Waals surface area contributed by atoms with E-state index in [4.69, 9.17) is 0 Å². The van der Waals surface area contributed by atoms with Crippen LogP contribution in [-0.2, 0) is 16.0 Å². The van der Waals surface area contributed by atoms with Crippen molar-refractivity contribution in [2.75, 3.05) is 37.7 Å². The van der Waals surface area contributed by atoms with Crippen LogP contribution in [0.15, 0.2) is 23.6 Å². The molecule has 2 amide bonds. The van der Waals surface area contributed by atoms with E-state index in [0.717, 1.165) is 16.8 Å². The zero-order valence-electron chi connectivity index (χ0n) is 15.4. The van der Waals surface area contributed by atoms with Gasteiger partial charge in [-0.2, -0.15) is 0 Å². The first-order valence-electron chi connectivity index (χ1n) is 8.99. The molecule has 0 aliphatic carbocycles. The SMILES string of the molecule is Cc1csc(CC(=O)N2CCN(CN3C(=O)C(=O)c4cc(F)ccc43)CC2)n1. The van der Waals surface area contributed by atoms with Gasteiger partial charge in [-0.1, -0.05) is 0 Å². The van der Waals surface area contributed by atoms with Crippen molar-refractivity contribution in [3.63, 3.8) is 0 Å². The normalized spacial score (nSPS) is 17.4. The van der Waals surface area contributed by atoms with Gasteiger partial charge in [-0.3, -0.25) is 24.2 Å². The van der Waals surface area contributed by atoms with Gasteiger partial charge >= 0.3 is 5.91 Å². The Morgan fingerprint density at radius 2 is 1.96 bits per heavy atom. The summed E-state index contributed by atoms with van der Waals surface area (Å²) in [6.07, 6.45) is 0.302. The van der Waals surface area contributed by atoms with Crippen molar-refractivity contribution in [2.24, 2.45) is 0 Å². The van der Waals surface area contributed by atoms with Crippen LogP contribution in [0.25, 0.3) is 0 Å². The third-order valence-corrected chi connectivity index (χ3v) is 5.94. The van der Waals surface area contributed by atoms with Crippen LogP contribution in [0.4, 0.5) is 10.1 Å². The lowest BCUT2D eigenvalue weighted by atomic mass is 10.1. The lowest BCUT2D eigenvalue weighted by molar-refractivity contribution is -0.132. The van der Waals surface area contributed by atoms with Crippen LogP contribution in [-0.4, -0.2) is 65.2 Å². The number of Topliss-reactive ketones (excluding diaryl/α,β-unsaturated/α-hetero) is 1. The third kappa shape index (κ3) is 3.55. The summed E-state index contributed by atoms with van der Waals surface area (Å²) in [5.74, 6) is -1.81. The molecule has 4 rings (SSSR count). The molecular formula is C19H19FN4O3S. The zero-order chi connectivity index (χ0) is 19.8. The maximum absolute atomic E-state index is 13.4. The number of thiazole rings is 1. The fraction of sp³-hybridized carbons (Fsp3) is 0.368. The minimum atomic E-state index is -0.679. The van der Waals surface area contributed by atoms with Crippen molar-refractivity contribution in [3.8, 4) is 0 Å². The molecule has 9 heteroatoms. The number of carbonyl (C=O) groups is 3. The van der Waals surface area contributed by atoms with Crippen molar-refractivity contribution in [2.45, 2.75) is 13.3 Å². The van der Waals surface area contributed by atoms with E-state index in [1.54, 1.807) is 4.90 Å². The smallest absolute Gasteiger partial charge is 0.300 e. The highest BCUT2D eigenvalue weighted by Gasteiger charge is 2.37. The quantitative estimate of drug-likeness (QED) is 0.724. The first-order chi connectivity index (χ1) is 13.4. The molecular weight excluding hydrogens is 383 g/mol. The number of halogens is 1. The molecule has 0 N–H and O–H groups in total. The number of benzene rings is 1. The lowest BCUT2D eigenvalue weighted by Crippen LogP contribution is -2.52. The largest absolute Gasteiger partial charge is 0.340 e. The molecule has 0 unspecified atom stereocenters. The first-order valence-corrected chi connectivity index (χ1v) is 9.87. The molecule has 146 valence electrons. The van der Waals surface area contributed by atoms with Crippen LogP contribution in [0.2, 0.25) is 0 Å². The standard InChI is InChI=1S/C19H19FN4O3S/c1-12-10-28-16(21-12)9-17(25)23-6-4-22(5-7-23)11-24-15-3-2-13(20)8-14(15)18(26)19(24)27/h2-3,8,10H,4-7,9,11H2,1H3. The van der Waals surface area contributed by atoms with Crippen LogP contribution >= 0.6 is 11.3 Å². The average molecular weight is 402 g/mol. The summed E-state index contributed by atoms with van der Waals surface area (Å²) in [5.41, 5.74) is 1.47. The van der Waals surface area contributed by atoms with Crippen LogP contribution in [0.1, 0.15) is 21.1 Å². The van der Waals surface area contributed by atoms with Gasteiger partial charge in [0.2, 0.25) is 5.91 Å². The predicted octanol–water partition coefficient (Wildman–Crippen LogP) is 1.46. The number of carbonyl (C=O) groups excluding carboxylic acids is 3. The number of amides is 2. The van der Waals surface area contributed by atoms with E-state index >= 15 is 0 Å². The van der Waals surface area contributed by atoms with Gasteiger partial charge in [0.05, 0.1) is 24.3 Å². The number of ketones is 1. The van der Waals surface area contributed by atoms with Gasteiger partial charge in [-0.15, -0.1) is 11.3 Å². The molecule has 0 spiro atoms. The predicted molar refractivity (Wildman–Crippen MR) is 102 cm³/mol. The second kappa shape index (κ2) is 7.40. The average Bonchev–Trinajstić information content (AvgIpc) is 3.19. The molecule has 0 bridgehead atoms. The zero-order valence-corrected chi connectivity index (χ0v) is 16.2. The Morgan fingerprint density at radius 3 is 2.64 bits per heavy atom. The van der Waals surface area contributed by atoms with Gasteiger partial charge in [0.1, 0.15) is 10.8 Å². The van der Waals surface area contributed by atoms with Crippen molar-refractivity contribution in [3.05, 3.63) is 45.7 Å². The Bertz CT molecular complexity index is 952. The van der Waals surface area contributed by atoms with E-state index in [0.29, 0.717) is 38.3 Å². The van der Waals surface area contributed by atoms with Gasteiger partial charge in [0.15, 0.2) is 0 Å². The molecule has 1 aromatic carbocycles. The highest BCUT2D eigenvalue weighted by molar-refractivity contribution is 7.09. The number of nitrogens with zero attached hydrogens (tertiary/aromatic N) is 4. The summed E-state index contributed by atoms with van der Waals surface area (Å²) in [5, 5.41) is 2.74. The Balaban J connectivity index is 1.35. The fourth-order valence-corrected chi connectivity index (χ4v) is 4.24. The van der Waals surface area contributed by atoms with E-state index in [1.807, 2.05) is 17.2 Å². The summed E-state index contributed by atoms with van der Waals surface area (Å²) in [6, 6.07) is 3.81. The maximum atomic E-state index is 13.4. The van der Waals surface area contributed by atoms with Gasteiger partial charge < -0.3 is 4.90 Å². The molecule has 28 heavy (non-hydrogen) atoms. The number of rotatable bonds is 4. The Morgan fingerprint density at radius 1 is 1.21 bits per heavy atom. The van der Waals surface area contributed by atoms with Crippen molar-refractivity contribution in [1.29, 1.82) is 0 Å². The van der Waals surface area contributed by atoms with Crippen LogP contribution < -0.4 is 4.90 Å². The minimum Gasteiger partial charge on any atom is -0.340 e. The van der Waals surface area contributed by atoms with Gasteiger partial charge in [0, 0.05) is 37.3 Å². The van der Waals surface area contributed by atoms with Gasteiger partial charge in [-0.05, 0) is 25.1 Å². The van der Waals surface area contributed by atoms with Gasteiger partial charge in [0.25, 0.3) is 5.78 Å². The van der Waals surface area contributed by atoms with Crippen LogP contribution in [0.5, 0.6) is 0 Å². The number of anilines is 1. The van der Waals surface area contributed by atoms with Gasteiger partial charge in [-0.25, -0.2) is 9.37 Å². The number of hydrogen-bond donors (Lipinski definition) is 0. The van der Waals surface area contributed by atoms with E-state index in [1.165, 1.54) is 28.4 Å². The molecule has 1 saturated heterocycles. The Kier molecular flexibility index (Phi) is 4.94. The summed E-state index contributed by atoms with van der Waals surface area (Å²) in [6.45, 7) is 4.44. The maximum Gasteiger partial charge on any atom is 0.300 e. The topological polar surface area (TPSA) is 73.8 Å². The Labute approximate surface area is 165 Å². The number of fused-ring (bicyclic) bond motifs is 1. The monoisotopic (exact) mass is 402 g/mol. The summed E-state index contributed by atoms with van der Waals surface area (Å²) in [4.78, 5) is 46.3. The number of aromatic nitrogens is 1. The summed E-state index contributed by atoms with van der Waals surface area (Å²) >= 11 is 1.49. The summed E-state index contributed by atoms with van der Waals surface area (Å²) < 4.78 is 13.4. The molecule has 3 heterocycles. The van der Waals surface area contributed by atoms with Crippen molar-refractivity contribution >= 4 is 34.6 Å². The van der Waals surface area contributed by atoms with Crippen LogP contribution in [0, 0.1) is 12.7 Å². The molecule has 2 aliphatic heterocycles. The number of hydrogen-bond acceptors (Lipinski definition) is 6. The Hall–Kier alpha value is -2.65. The highest BCUT2D eigenvalue weighted by Crippen LogP contribution is 2.29. The van der Waals surface area contributed by atoms with Crippen LogP contribution in [0.3, 0.4) is 0 Å². The molecule has 7 nitrogen and oxygen atoms in total. The van der Waals surface area contributed by atoms with Crippen molar-refractivity contribution in [1.82, 2.24) is 14.8 Å².